The van der Waals surface area contributed by atoms with Gasteiger partial charge < -0.3 is 15.5 Å². The minimum Gasteiger partial charge on any atom is -0.394 e. The van der Waals surface area contributed by atoms with E-state index in [2.05, 4.69) is 43.4 Å². The zero-order valence-corrected chi connectivity index (χ0v) is 10.7. The van der Waals surface area contributed by atoms with Crippen molar-refractivity contribution in [3.8, 4) is 0 Å². The number of rotatable bonds is 7. The van der Waals surface area contributed by atoms with E-state index in [0.717, 1.165) is 13.0 Å². The maximum Gasteiger partial charge on any atom is 0.0895 e. The molecule has 96 valence electrons. The summed E-state index contributed by atoms with van der Waals surface area (Å²) in [6.45, 7) is 5.36. The van der Waals surface area contributed by atoms with Crippen LogP contribution in [0, 0.1) is 0 Å². The Balaban J connectivity index is 2.40. The van der Waals surface area contributed by atoms with Crippen LogP contribution in [-0.4, -0.2) is 29.5 Å². The van der Waals surface area contributed by atoms with Gasteiger partial charge in [0.2, 0.25) is 0 Å². The van der Waals surface area contributed by atoms with Crippen LogP contribution >= 0.6 is 0 Å². The SMILES string of the molecule is CCC(C)c1ccc(CNCC(O)CO)cc1. The predicted octanol–water partition coefficient (Wildman–Crippen LogP) is 1.64. The van der Waals surface area contributed by atoms with E-state index in [4.69, 9.17) is 5.11 Å². The fraction of sp³-hybridized carbons (Fsp3) is 0.571. The Kier molecular flexibility index (Phi) is 6.19. The highest BCUT2D eigenvalue weighted by molar-refractivity contribution is 5.24. The first kappa shape index (κ1) is 14.2. The van der Waals surface area contributed by atoms with Gasteiger partial charge in [-0.2, -0.15) is 0 Å². The van der Waals surface area contributed by atoms with Gasteiger partial charge in [0.25, 0.3) is 0 Å². The summed E-state index contributed by atoms with van der Waals surface area (Å²) >= 11 is 0. The monoisotopic (exact) mass is 237 g/mol. The van der Waals surface area contributed by atoms with E-state index in [1.54, 1.807) is 0 Å². The van der Waals surface area contributed by atoms with Crippen molar-refractivity contribution in [2.75, 3.05) is 13.2 Å². The van der Waals surface area contributed by atoms with E-state index < -0.39 is 6.10 Å². The summed E-state index contributed by atoms with van der Waals surface area (Å²) in [4.78, 5) is 0. The van der Waals surface area contributed by atoms with Crippen molar-refractivity contribution in [1.82, 2.24) is 5.32 Å². The molecule has 0 aliphatic rings. The third-order valence-electron chi connectivity index (χ3n) is 3.08. The number of aliphatic hydroxyl groups excluding tert-OH is 2. The number of aliphatic hydroxyl groups is 2. The Morgan fingerprint density at radius 2 is 1.88 bits per heavy atom. The van der Waals surface area contributed by atoms with Crippen LogP contribution in [-0.2, 0) is 6.54 Å². The third-order valence-corrected chi connectivity index (χ3v) is 3.08. The molecule has 0 bridgehead atoms. The highest BCUT2D eigenvalue weighted by atomic mass is 16.3. The molecule has 2 atom stereocenters. The average Bonchev–Trinajstić information content (AvgIpc) is 2.38. The van der Waals surface area contributed by atoms with E-state index in [0.29, 0.717) is 12.5 Å². The van der Waals surface area contributed by atoms with Crippen LogP contribution in [0.3, 0.4) is 0 Å². The maximum atomic E-state index is 9.17. The molecular formula is C14H23NO2. The smallest absolute Gasteiger partial charge is 0.0895 e. The summed E-state index contributed by atoms with van der Waals surface area (Å²) < 4.78 is 0. The minimum atomic E-state index is -0.672. The molecule has 0 saturated heterocycles. The molecule has 0 amide bonds. The molecule has 0 fully saturated rings. The Hall–Kier alpha value is -0.900. The van der Waals surface area contributed by atoms with Gasteiger partial charge in [0.05, 0.1) is 12.7 Å². The molecule has 1 aromatic rings. The average molecular weight is 237 g/mol. The van der Waals surface area contributed by atoms with Crippen molar-refractivity contribution in [3.05, 3.63) is 35.4 Å². The lowest BCUT2D eigenvalue weighted by atomic mass is 9.98. The number of hydrogen-bond donors (Lipinski definition) is 3. The predicted molar refractivity (Wildman–Crippen MR) is 69.9 cm³/mol. The largest absolute Gasteiger partial charge is 0.394 e. The van der Waals surface area contributed by atoms with Crippen LogP contribution in [0.5, 0.6) is 0 Å². The highest BCUT2D eigenvalue weighted by Gasteiger charge is 2.03. The van der Waals surface area contributed by atoms with Gasteiger partial charge in [-0.25, -0.2) is 0 Å². The van der Waals surface area contributed by atoms with E-state index >= 15 is 0 Å². The van der Waals surface area contributed by atoms with Crippen molar-refractivity contribution < 1.29 is 10.2 Å². The molecule has 0 radical (unpaired) electrons. The van der Waals surface area contributed by atoms with Crippen LogP contribution in [0.15, 0.2) is 24.3 Å². The second-order valence-corrected chi connectivity index (χ2v) is 4.52. The molecule has 3 heteroatoms. The van der Waals surface area contributed by atoms with Gasteiger partial charge in [-0.3, -0.25) is 0 Å². The Labute approximate surface area is 103 Å². The van der Waals surface area contributed by atoms with Crippen molar-refractivity contribution >= 4 is 0 Å². The van der Waals surface area contributed by atoms with Gasteiger partial charge in [-0.1, -0.05) is 38.1 Å². The van der Waals surface area contributed by atoms with Crippen molar-refractivity contribution in [2.24, 2.45) is 0 Å². The molecule has 0 spiro atoms. The van der Waals surface area contributed by atoms with Gasteiger partial charge in [0.15, 0.2) is 0 Å². The molecule has 1 rings (SSSR count). The summed E-state index contributed by atoms with van der Waals surface area (Å²) in [5.41, 5.74) is 2.56. The number of hydrogen-bond acceptors (Lipinski definition) is 3. The van der Waals surface area contributed by atoms with Gasteiger partial charge in [0, 0.05) is 13.1 Å². The number of nitrogens with one attached hydrogen (secondary N) is 1. The topological polar surface area (TPSA) is 52.5 Å². The molecule has 1 aromatic carbocycles. The standard InChI is InChI=1S/C14H23NO2/c1-3-11(2)13-6-4-12(5-7-13)8-15-9-14(17)10-16/h4-7,11,14-17H,3,8-10H2,1-2H3. The van der Waals surface area contributed by atoms with Crippen LogP contribution in [0.4, 0.5) is 0 Å². The van der Waals surface area contributed by atoms with Crippen molar-refractivity contribution in [3.63, 3.8) is 0 Å². The van der Waals surface area contributed by atoms with Gasteiger partial charge in [-0.15, -0.1) is 0 Å². The summed E-state index contributed by atoms with van der Waals surface area (Å²) in [7, 11) is 0. The first-order valence-electron chi connectivity index (χ1n) is 6.25. The maximum absolute atomic E-state index is 9.17. The van der Waals surface area contributed by atoms with Crippen molar-refractivity contribution in [1.29, 1.82) is 0 Å². The highest BCUT2D eigenvalue weighted by Crippen LogP contribution is 2.18. The molecule has 17 heavy (non-hydrogen) atoms. The van der Waals surface area contributed by atoms with Crippen LogP contribution in [0.1, 0.15) is 37.3 Å². The number of benzene rings is 1. The molecular weight excluding hydrogens is 214 g/mol. The molecule has 0 saturated carbocycles. The van der Waals surface area contributed by atoms with E-state index in [1.165, 1.54) is 11.1 Å². The molecule has 0 heterocycles. The Morgan fingerprint density at radius 1 is 1.24 bits per heavy atom. The summed E-state index contributed by atoms with van der Waals surface area (Å²) in [5.74, 6) is 0.605. The molecule has 0 aliphatic heterocycles. The Morgan fingerprint density at radius 3 is 2.41 bits per heavy atom. The van der Waals surface area contributed by atoms with Crippen molar-refractivity contribution in [2.45, 2.75) is 38.8 Å². The lowest BCUT2D eigenvalue weighted by Crippen LogP contribution is -2.28. The van der Waals surface area contributed by atoms with Gasteiger partial charge in [-0.05, 0) is 23.5 Å². The first-order valence-corrected chi connectivity index (χ1v) is 6.25. The quantitative estimate of drug-likeness (QED) is 0.676. The molecule has 3 N–H and O–H groups in total. The van der Waals surface area contributed by atoms with Gasteiger partial charge in [0.1, 0.15) is 0 Å². The first-order chi connectivity index (χ1) is 8.17. The Bertz CT molecular complexity index is 311. The zero-order chi connectivity index (χ0) is 12.7. The molecule has 3 nitrogen and oxygen atoms in total. The third kappa shape index (κ3) is 4.86. The summed E-state index contributed by atoms with van der Waals surface area (Å²) in [5, 5.41) is 20.9. The van der Waals surface area contributed by atoms with E-state index in [9.17, 15) is 5.11 Å². The second-order valence-electron chi connectivity index (χ2n) is 4.52. The van der Waals surface area contributed by atoms with E-state index in [-0.39, 0.29) is 6.61 Å². The summed E-state index contributed by atoms with van der Waals surface area (Å²) in [6.07, 6.45) is 0.481. The molecule has 0 aromatic heterocycles. The van der Waals surface area contributed by atoms with Crippen LogP contribution in [0.25, 0.3) is 0 Å². The second kappa shape index (κ2) is 7.43. The van der Waals surface area contributed by atoms with Crippen LogP contribution in [0.2, 0.25) is 0 Å². The van der Waals surface area contributed by atoms with Gasteiger partial charge >= 0.3 is 0 Å². The molecule has 2 unspecified atom stereocenters. The fourth-order valence-corrected chi connectivity index (χ4v) is 1.65. The lowest BCUT2D eigenvalue weighted by Gasteiger charge is -2.11. The zero-order valence-electron chi connectivity index (χ0n) is 10.7. The fourth-order valence-electron chi connectivity index (χ4n) is 1.65. The lowest BCUT2D eigenvalue weighted by molar-refractivity contribution is 0.0942. The van der Waals surface area contributed by atoms with E-state index in [1.807, 2.05) is 0 Å². The van der Waals surface area contributed by atoms with Crippen LogP contribution < -0.4 is 5.32 Å². The minimum absolute atomic E-state index is 0.194. The summed E-state index contributed by atoms with van der Waals surface area (Å²) in [6, 6.07) is 8.54. The normalized spacial score (nSPS) is 14.6. The molecule has 0 aliphatic carbocycles.